The molecule has 0 fully saturated rings. The Labute approximate surface area is 123 Å². The maximum absolute atomic E-state index is 11.7. The Bertz CT molecular complexity index is 714. The topological polar surface area (TPSA) is 85.8 Å². The van der Waals surface area contributed by atoms with E-state index in [1.165, 1.54) is 17.4 Å². The zero-order chi connectivity index (χ0) is 14.5. The lowest BCUT2D eigenvalue weighted by Gasteiger charge is -2.07. The van der Waals surface area contributed by atoms with Gasteiger partial charge in [-0.1, -0.05) is 17.8 Å². The van der Waals surface area contributed by atoms with Crippen LogP contribution in [0.25, 0.3) is 10.4 Å². The van der Waals surface area contributed by atoms with Crippen molar-refractivity contribution in [3.05, 3.63) is 39.5 Å². The third-order valence-electron chi connectivity index (χ3n) is 2.53. The van der Waals surface area contributed by atoms with Crippen LogP contribution in [0, 0.1) is 11.3 Å². The highest BCUT2D eigenvalue weighted by Gasteiger charge is 2.14. The van der Waals surface area contributed by atoms with Crippen LogP contribution in [0.5, 0.6) is 0 Å². The molecule has 0 aliphatic rings. The van der Waals surface area contributed by atoms with Crippen LogP contribution in [0.3, 0.4) is 0 Å². The van der Waals surface area contributed by atoms with Crippen LogP contribution in [0.4, 0.5) is 0 Å². The fraction of sp³-hybridized carbons (Fsp3) is 0.154. The Morgan fingerprint density at radius 3 is 3.00 bits per heavy atom. The smallest absolute Gasteiger partial charge is 0.249 e. The van der Waals surface area contributed by atoms with Crippen LogP contribution in [0.2, 0.25) is 0 Å². The van der Waals surface area contributed by atoms with Crippen molar-refractivity contribution in [2.24, 2.45) is 0 Å². The van der Waals surface area contributed by atoms with Crippen molar-refractivity contribution in [1.82, 2.24) is 10.3 Å². The highest BCUT2D eigenvalue weighted by molar-refractivity contribution is 8.00. The summed E-state index contributed by atoms with van der Waals surface area (Å²) in [4.78, 5) is 26.5. The zero-order valence-electron chi connectivity index (χ0n) is 10.6. The van der Waals surface area contributed by atoms with E-state index in [9.17, 15) is 14.9 Å². The lowest BCUT2D eigenvalue weighted by atomic mass is 10.1. The van der Waals surface area contributed by atoms with E-state index in [1.54, 1.807) is 7.05 Å². The third kappa shape index (κ3) is 3.10. The van der Waals surface area contributed by atoms with Crippen LogP contribution in [0.15, 0.2) is 33.4 Å². The van der Waals surface area contributed by atoms with Crippen molar-refractivity contribution in [2.75, 3.05) is 12.8 Å². The van der Waals surface area contributed by atoms with Crippen LogP contribution >= 0.6 is 23.1 Å². The summed E-state index contributed by atoms with van der Waals surface area (Å²) in [5.74, 6) is -0.0177. The van der Waals surface area contributed by atoms with Crippen molar-refractivity contribution in [3.8, 4) is 16.5 Å². The first kappa shape index (κ1) is 14.4. The average molecular weight is 305 g/mol. The van der Waals surface area contributed by atoms with Gasteiger partial charge >= 0.3 is 0 Å². The number of aromatic nitrogens is 1. The lowest BCUT2D eigenvalue weighted by molar-refractivity contribution is -0.118. The van der Waals surface area contributed by atoms with Crippen molar-refractivity contribution < 1.29 is 4.79 Å². The molecule has 0 saturated carbocycles. The fourth-order valence-corrected chi connectivity index (χ4v) is 3.23. The molecule has 102 valence electrons. The lowest BCUT2D eigenvalue weighted by Crippen LogP contribution is -2.20. The fourth-order valence-electron chi connectivity index (χ4n) is 1.59. The van der Waals surface area contributed by atoms with Gasteiger partial charge in [-0.2, -0.15) is 5.26 Å². The first-order valence-electron chi connectivity index (χ1n) is 5.70. The molecule has 0 aliphatic heterocycles. The predicted molar refractivity (Wildman–Crippen MR) is 79.9 cm³/mol. The molecule has 5 nitrogen and oxygen atoms in total. The standard InChI is InChI=1S/C13H11N3O2S2/c1-15-12(18)7-20-13-9(6-14)8(5-11(17)16-13)10-3-2-4-19-10/h2-5H,7H2,1H3,(H,15,18)(H,16,17). The molecule has 2 aromatic rings. The molecule has 1 amide bonds. The summed E-state index contributed by atoms with van der Waals surface area (Å²) in [6, 6.07) is 7.23. The molecule has 0 atom stereocenters. The number of carbonyl (C=O) groups excluding carboxylic acids is 1. The van der Waals surface area contributed by atoms with E-state index in [0.717, 1.165) is 16.6 Å². The van der Waals surface area contributed by atoms with Gasteiger partial charge in [0, 0.05) is 23.6 Å². The van der Waals surface area contributed by atoms with Crippen molar-refractivity contribution >= 4 is 29.0 Å². The number of thiophene rings is 1. The van der Waals surface area contributed by atoms with E-state index < -0.39 is 0 Å². The van der Waals surface area contributed by atoms with Crippen LogP contribution in [-0.4, -0.2) is 23.7 Å². The summed E-state index contributed by atoms with van der Waals surface area (Å²) >= 11 is 2.60. The number of hydrogen-bond donors (Lipinski definition) is 2. The molecule has 0 saturated heterocycles. The third-order valence-corrected chi connectivity index (χ3v) is 4.44. The van der Waals surface area contributed by atoms with Crippen molar-refractivity contribution in [3.63, 3.8) is 0 Å². The number of amides is 1. The highest BCUT2D eigenvalue weighted by atomic mass is 32.2. The molecule has 0 radical (unpaired) electrons. The van der Waals surface area contributed by atoms with E-state index in [-0.39, 0.29) is 17.2 Å². The summed E-state index contributed by atoms with van der Waals surface area (Å²) < 4.78 is 0. The van der Waals surface area contributed by atoms with Gasteiger partial charge in [0.25, 0.3) is 0 Å². The first-order chi connectivity index (χ1) is 9.65. The van der Waals surface area contributed by atoms with Gasteiger partial charge in [0.1, 0.15) is 6.07 Å². The Kier molecular flexibility index (Phi) is 4.61. The van der Waals surface area contributed by atoms with Gasteiger partial charge in [0.15, 0.2) is 0 Å². The van der Waals surface area contributed by atoms with E-state index in [1.807, 2.05) is 17.5 Å². The van der Waals surface area contributed by atoms with E-state index in [0.29, 0.717) is 16.2 Å². The van der Waals surface area contributed by atoms with Crippen LogP contribution in [-0.2, 0) is 4.79 Å². The number of thioether (sulfide) groups is 1. The Morgan fingerprint density at radius 1 is 1.60 bits per heavy atom. The predicted octanol–water partition coefficient (Wildman–Crippen LogP) is 1.81. The van der Waals surface area contributed by atoms with Gasteiger partial charge in [-0.05, 0) is 11.4 Å². The normalized spacial score (nSPS) is 10.0. The van der Waals surface area contributed by atoms with Crippen molar-refractivity contribution in [1.29, 1.82) is 5.26 Å². The van der Waals surface area contributed by atoms with E-state index in [2.05, 4.69) is 16.4 Å². The average Bonchev–Trinajstić information content (AvgIpc) is 2.98. The molecule has 2 heterocycles. The second-order valence-electron chi connectivity index (χ2n) is 3.80. The minimum atomic E-state index is -0.285. The van der Waals surface area contributed by atoms with Crippen molar-refractivity contribution in [2.45, 2.75) is 5.03 Å². The number of carbonyl (C=O) groups is 1. The minimum Gasteiger partial charge on any atom is -0.358 e. The number of H-pyrrole nitrogens is 1. The number of nitrogens with zero attached hydrogens (tertiary/aromatic N) is 1. The largest absolute Gasteiger partial charge is 0.358 e. The summed E-state index contributed by atoms with van der Waals surface area (Å²) in [5.41, 5.74) is 0.707. The number of rotatable bonds is 4. The molecular weight excluding hydrogens is 294 g/mol. The van der Waals surface area contributed by atoms with Gasteiger partial charge in [-0.15, -0.1) is 11.3 Å². The zero-order valence-corrected chi connectivity index (χ0v) is 12.2. The van der Waals surface area contributed by atoms with Gasteiger partial charge in [-0.25, -0.2) is 0 Å². The van der Waals surface area contributed by atoms with E-state index in [4.69, 9.17) is 0 Å². The molecule has 2 aromatic heterocycles. The molecule has 0 unspecified atom stereocenters. The second-order valence-corrected chi connectivity index (χ2v) is 5.74. The molecule has 0 bridgehead atoms. The molecule has 20 heavy (non-hydrogen) atoms. The van der Waals surface area contributed by atoms with Crippen LogP contribution in [0.1, 0.15) is 5.56 Å². The van der Waals surface area contributed by atoms with Crippen LogP contribution < -0.4 is 10.9 Å². The maximum atomic E-state index is 11.7. The highest BCUT2D eigenvalue weighted by Crippen LogP contribution is 2.31. The Balaban J connectivity index is 2.45. The first-order valence-corrected chi connectivity index (χ1v) is 7.57. The molecule has 7 heteroatoms. The SMILES string of the molecule is CNC(=O)CSc1[nH]c(=O)cc(-c2cccs2)c1C#N. The van der Waals surface area contributed by atoms with E-state index >= 15 is 0 Å². The summed E-state index contributed by atoms with van der Waals surface area (Å²) in [6.07, 6.45) is 0. The maximum Gasteiger partial charge on any atom is 0.249 e. The van der Waals surface area contributed by atoms with Gasteiger partial charge in [-0.3, -0.25) is 9.59 Å². The summed E-state index contributed by atoms with van der Waals surface area (Å²) in [6.45, 7) is 0. The summed E-state index contributed by atoms with van der Waals surface area (Å²) in [5, 5.41) is 14.1. The monoisotopic (exact) mass is 305 g/mol. The molecule has 0 spiro atoms. The number of hydrogen-bond acceptors (Lipinski definition) is 5. The minimum absolute atomic E-state index is 0.148. The number of aromatic amines is 1. The molecular formula is C13H11N3O2S2. The number of nitriles is 1. The van der Waals surface area contributed by atoms with Gasteiger partial charge < -0.3 is 10.3 Å². The quantitative estimate of drug-likeness (QED) is 0.844. The summed E-state index contributed by atoms with van der Waals surface area (Å²) in [7, 11) is 1.54. The number of pyridine rings is 1. The number of nitrogens with one attached hydrogen (secondary N) is 2. The molecule has 2 rings (SSSR count). The molecule has 0 aromatic carbocycles. The second kappa shape index (κ2) is 6.41. The van der Waals surface area contributed by atoms with Gasteiger partial charge in [0.2, 0.25) is 11.5 Å². The molecule has 0 aliphatic carbocycles. The Hall–Kier alpha value is -2.04. The van der Waals surface area contributed by atoms with Gasteiger partial charge in [0.05, 0.1) is 16.3 Å². The molecule has 2 N–H and O–H groups in total. The Morgan fingerprint density at radius 2 is 2.40 bits per heavy atom.